The lowest BCUT2D eigenvalue weighted by molar-refractivity contribution is -0.137. The van der Waals surface area contributed by atoms with Crippen LogP contribution in [0, 0.1) is 0 Å². The maximum atomic E-state index is 13.2. The molecule has 2 N–H and O–H groups in total. The number of anilines is 1. The zero-order chi connectivity index (χ0) is 28.4. The summed E-state index contributed by atoms with van der Waals surface area (Å²) in [5.41, 5.74) is 0.410. The molecular formula is C25H26ClF3N4O4S2. The minimum absolute atomic E-state index is 0.00118. The van der Waals surface area contributed by atoms with Gasteiger partial charge in [-0.3, -0.25) is 4.79 Å². The van der Waals surface area contributed by atoms with Crippen molar-refractivity contribution >= 4 is 44.7 Å². The number of aliphatic hydroxyl groups is 1. The zero-order valence-corrected chi connectivity index (χ0v) is 23.2. The second kappa shape index (κ2) is 11.9. The summed E-state index contributed by atoms with van der Waals surface area (Å²) in [6, 6.07) is 8.22. The van der Waals surface area contributed by atoms with E-state index in [1.807, 2.05) is 0 Å². The predicted molar refractivity (Wildman–Crippen MR) is 142 cm³/mol. The van der Waals surface area contributed by atoms with E-state index in [1.165, 1.54) is 28.6 Å². The molecule has 0 aliphatic carbocycles. The van der Waals surface area contributed by atoms with Crippen LogP contribution in [0.15, 0.2) is 46.7 Å². The molecule has 3 aromatic rings. The monoisotopic (exact) mass is 602 g/mol. The number of alkyl halides is 3. The first-order valence-electron chi connectivity index (χ1n) is 12.1. The number of thiophene rings is 1. The molecule has 3 heterocycles. The molecule has 1 aliphatic rings. The number of ketones is 1. The van der Waals surface area contributed by atoms with Crippen molar-refractivity contribution in [2.75, 3.05) is 18.4 Å². The highest BCUT2D eigenvalue weighted by atomic mass is 35.5. The number of aliphatic hydroxyl groups excluding tert-OH is 1. The number of halogens is 4. The first-order chi connectivity index (χ1) is 18.3. The molecule has 14 heteroatoms. The van der Waals surface area contributed by atoms with Gasteiger partial charge in [-0.15, -0.1) is 11.3 Å². The first-order valence-corrected chi connectivity index (χ1v) is 14.8. The van der Waals surface area contributed by atoms with Crippen molar-refractivity contribution in [2.45, 2.75) is 55.1 Å². The minimum atomic E-state index is -4.48. The van der Waals surface area contributed by atoms with Gasteiger partial charge in [0.05, 0.1) is 27.7 Å². The zero-order valence-electron chi connectivity index (χ0n) is 20.8. The van der Waals surface area contributed by atoms with Crippen LogP contribution in [0.5, 0.6) is 0 Å². The maximum absolute atomic E-state index is 13.2. The fraction of sp³-hybridized carbons (Fsp3) is 0.400. The van der Waals surface area contributed by atoms with Gasteiger partial charge in [0.25, 0.3) is 10.0 Å². The molecule has 1 fully saturated rings. The normalized spacial score (nSPS) is 17.3. The number of hydrogen-bond acceptors (Lipinski definition) is 8. The fourth-order valence-corrected chi connectivity index (χ4v) is 7.53. The summed E-state index contributed by atoms with van der Waals surface area (Å²) in [5.74, 6) is -0.109. The molecule has 2 atom stereocenters. The van der Waals surface area contributed by atoms with Gasteiger partial charge in [0.1, 0.15) is 4.21 Å². The highest BCUT2D eigenvalue weighted by molar-refractivity contribution is 7.91. The molecular weight excluding hydrogens is 577 g/mol. The Kier molecular flexibility index (Phi) is 8.96. The van der Waals surface area contributed by atoms with Crippen molar-refractivity contribution in [3.8, 4) is 11.3 Å². The quantitative estimate of drug-likeness (QED) is 0.335. The number of nitrogens with one attached hydrogen (secondary N) is 1. The second-order valence-electron chi connectivity index (χ2n) is 9.17. The van der Waals surface area contributed by atoms with Crippen molar-refractivity contribution in [2.24, 2.45) is 0 Å². The van der Waals surface area contributed by atoms with Crippen LogP contribution in [-0.2, 0) is 27.4 Å². The first kappa shape index (κ1) is 29.4. The average Bonchev–Trinajstić information content (AvgIpc) is 3.56. The van der Waals surface area contributed by atoms with Gasteiger partial charge in [-0.25, -0.2) is 18.4 Å². The topological polar surface area (TPSA) is 112 Å². The van der Waals surface area contributed by atoms with E-state index in [-0.39, 0.29) is 41.9 Å². The van der Waals surface area contributed by atoms with Crippen molar-refractivity contribution in [1.29, 1.82) is 0 Å². The molecule has 1 saturated heterocycles. The van der Waals surface area contributed by atoms with Gasteiger partial charge in [0.2, 0.25) is 5.95 Å². The highest BCUT2D eigenvalue weighted by Crippen LogP contribution is 2.33. The summed E-state index contributed by atoms with van der Waals surface area (Å²) >= 11 is 6.85. The largest absolute Gasteiger partial charge is 0.416 e. The molecule has 0 bridgehead atoms. The van der Waals surface area contributed by atoms with Gasteiger partial charge in [-0.1, -0.05) is 23.7 Å². The standard InChI is InChI=1S/C25H26ClF3N4O4S2/c1-15(34)14-30-24-31-18(13-19(32-24)16-4-6-17(7-5-16)25(27,28)29)8-9-21(35)20-3-2-12-33(20)39(36,37)23-11-10-22(26)38-23/h4-7,10-11,13,15,20,34H,2-3,8-9,12,14H2,1H3,(H,30,31,32)/t15?,20-/m0/s1. The van der Waals surface area contributed by atoms with Gasteiger partial charge >= 0.3 is 6.18 Å². The molecule has 0 spiro atoms. The molecule has 0 amide bonds. The Hall–Kier alpha value is -2.58. The Morgan fingerprint density at radius 1 is 1.23 bits per heavy atom. The van der Waals surface area contributed by atoms with Crippen LogP contribution >= 0.6 is 22.9 Å². The van der Waals surface area contributed by atoms with E-state index in [4.69, 9.17) is 11.6 Å². The van der Waals surface area contributed by atoms with Gasteiger partial charge in [0, 0.05) is 30.8 Å². The Labute approximate surface area is 232 Å². The van der Waals surface area contributed by atoms with E-state index in [1.54, 1.807) is 13.0 Å². The van der Waals surface area contributed by atoms with Crippen LogP contribution in [0.2, 0.25) is 4.34 Å². The van der Waals surface area contributed by atoms with Crippen LogP contribution in [0.25, 0.3) is 11.3 Å². The fourth-order valence-electron chi connectivity index (χ4n) is 4.24. The van der Waals surface area contributed by atoms with E-state index in [2.05, 4.69) is 15.3 Å². The molecule has 1 aliphatic heterocycles. The Morgan fingerprint density at radius 3 is 2.56 bits per heavy atom. The summed E-state index contributed by atoms with van der Waals surface area (Å²) < 4.78 is 66.8. The van der Waals surface area contributed by atoms with Gasteiger partial charge in [-0.2, -0.15) is 17.5 Å². The van der Waals surface area contributed by atoms with Crippen molar-refractivity contribution in [1.82, 2.24) is 14.3 Å². The van der Waals surface area contributed by atoms with E-state index < -0.39 is 33.9 Å². The summed E-state index contributed by atoms with van der Waals surface area (Å²) in [5, 5.41) is 12.5. The van der Waals surface area contributed by atoms with Crippen molar-refractivity contribution < 1.29 is 31.5 Å². The molecule has 2 aromatic heterocycles. The molecule has 210 valence electrons. The Bertz CT molecular complexity index is 1430. The van der Waals surface area contributed by atoms with Crippen molar-refractivity contribution in [3.05, 3.63) is 58.1 Å². The third kappa shape index (κ3) is 7.14. The Balaban J connectivity index is 1.53. The van der Waals surface area contributed by atoms with Crippen LogP contribution in [-0.4, -0.2) is 58.8 Å². The molecule has 8 nitrogen and oxygen atoms in total. The number of carbonyl (C=O) groups excluding carboxylic acids is 1. The number of Topliss-reactive ketones (excluding diaryl/α,β-unsaturated/α-hetero) is 1. The number of nitrogens with zero attached hydrogens (tertiary/aromatic N) is 3. The van der Waals surface area contributed by atoms with E-state index >= 15 is 0 Å². The number of aromatic nitrogens is 2. The minimum Gasteiger partial charge on any atom is -0.392 e. The van der Waals surface area contributed by atoms with Crippen LogP contribution in [0.4, 0.5) is 19.1 Å². The lowest BCUT2D eigenvalue weighted by Gasteiger charge is -2.22. The maximum Gasteiger partial charge on any atom is 0.416 e. The summed E-state index contributed by atoms with van der Waals surface area (Å²) in [6.45, 7) is 1.93. The Morgan fingerprint density at radius 2 is 1.95 bits per heavy atom. The third-order valence-electron chi connectivity index (χ3n) is 6.16. The van der Waals surface area contributed by atoms with Crippen molar-refractivity contribution in [3.63, 3.8) is 0 Å². The van der Waals surface area contributed by atoms with E-state index in [0.717, 1.165) is 23.5 Å². The number of carbonyl (C=O) groups is 1. The molecule has 0 radical (unpaired) electrons. The number of sulfonamides is 1. The molecule has 1 unspecified atom stereocenters. The molecule has 4 rings (SSSR count). The lowest BCUT2D eigenvalue weighted by atomic mass is 10.0. The summed E-state index contributed by atoms with van der Waals surface area (Å²) in [6.07, 6.45) is -4.07. The van der Waals surface area contributed by atoms with Crippen LogP contribution < -0.4 is 5.32 Å². The number of aryl methyl sites for hydroxylation is 1. The van der Waals surface area contributed by atoms with Crippen LogP contribution in [0.3, 0.4) is 0 Å². The SMILES string of the molecule is CC(O)CNc1nc(CCC(=O)[C@@H]2CCCN2S(=O)(=O)c2ccc(Cl)s2)cc(-c2ccc(C(F)(F)F)cc2)n1. The van der Waals surface area contributed by atoms with Crippen LogP contribution in [0.1, 0.15) is 37.4 Å². The van der Waals surface area contributed by atoms with Gasteiger partial charge in [0.15, 0.2) is 5.78 Å². The van der Waals surface area contributed by atoms with E-state index in [0.29, 0.717) is 34.1 Å². The smallest absolute Gasteiger partial charge is 0.392 e. The lowest BCUT2D eigenvalue weighted by Crippen LogP contribution is -2.40. The average molecular weight is 603 g/mol. The summed E-state index contributed by atoms with van der Waals surface area (Å²) in [4.78, 5) is 21.9. The molecule has 1 aromatic carbocycles. The summed E-state index contributed by atoms with van der Waals surface area (Å²) in [7, 11) is -3.87. The molecule has 0 saturated carbocycles. The van der Waals surface area contributed by atoms with Gasteiger partial charge in [-0.05, 0) is 56.5 Å². The second-order valence-corrected chi connectivity index (χ2v) is 13.0. The van der Waals surface area contributed by atoms with E-state index in [9.17, 15) is 31.5 Å². The number of benzene rings is 1. The van der Waals surface area contributed by atoms with Gasteiger partial charge < -0.3 is 10.4 Å². The number of rotatable bonds is 10. The number of hydrogen-bond donors (Lipinski definition) is 2. The highest BCUT2D eigenvalue weighted by Gasteiger charge is 2.39. The predicted octanol–water partition coefficient (Wildman–Crippen LogP) is 5.03. The third-order valence-corrected chi connectivity index (χ3v) is 9.76. The molecule has 39 heavy (non-hydrogen) atoms.